The van der Waals surface area contributed by atoms with E-state index in [1.807, 2.05) is 79.7 Å². The number of allylic oxidation sites excluding steroid dienone is 1. The van der Waals surface area contributed by atoms with Gasteiger partial charge in [-0.1, -0.05) is 48.0 Å². The summed E-state index contributed by atoms with van der Waals surface area (Å²) in [5.41, 5.74) is 3.14. The Balaban J connectivity index is 1.61. The quantitative estimate of drug-likeness (QED) is 0.287. The SMILES string of the molecule is CCOc1cc(C=C(C#N)c2nc3ccccc3s2)ccc1OCc1ccccc1Cl. The Morgan fingerprint density at radius 1 is 1.06 bits per heavy atom. The maximum absolute atomic E-state index is 9.71. The highest BCUT2D eigenvalue weighted by Crippen LogP contribution is 2.33. The third-order valence-electron chi connectivity index (χ3n) is 4.56. The lowest BCUT2D eigenvalue weighted by atomic mass is 10.1. The van der Waals surface area contributed by atoms with Gasteiger partial charge in [-0.3, -0.25) is 0 Å². The van der Waals surface area contributed by atoms with E-state index in [9.17, 15) is 5.26 Å². The van der Waals surface area contributed by atoms with Crippen LogP contribution in [-0.2, 0) is 6.61 Å². The molecule has 0 bridgehead atoms. The summed E-state index contributed by atoms with van der Waals surface area (Å²) in [4.78, 5) is 4.59. The summed E-state index contributed by atoms with van der Waals surface area (Å²) in [6.45, 7) is 2.75. The lowest BCUT2D eigenvalue weighted by molar-refractivity contribution is 0.269. The van der Waals surface area contributed by atoms with Crippen LogP contribution in [0.25, 0.3) is 21.9 Å². The average molecular weight is 447 g/mol. The molecule has 154 valence electrons. The molecule has 0 saturated heterocycles. The van der Waals surface area contributed by atoms with Gasteiger partial charge >= 0.3 is 0 Å². The summed E-state index contributed by atoms with van der Waals surface area (Å²) in [6.07, 6.45) is 1.82. The van der Waals surface area contributed by atoms with Crippen LogP contribution in [0, 0.1) is 11.3 Å². The first-order valence-corrected chi connectivity index (χ1v) is 11.0. The molecule has 31 heavy (non-hydrogen) atoms. The van der Waals surface area contributed by atoms with Crippen molar-refractivity contribution in [3.05, 3.63) is 87.9 Å². The van der Waals surface area contributed by atoms with Gasteiger partial charge in [0.1, 0.15) is 17.7 Å². The van der Waals surface area contributed by atoms with Crippen LogP contribution in [0.1, 0.15) is 23.1 Å². The maximum atomic E-state index is 9.71. The van der Waals surface area contributed by atoms with Crippen LogP contribution in [0.2, 0.25) is 5.02 Å². The Labute approximate surface area is 190 Å². The molecule has 0 unspecified atom stereocenters. The first-order valence-electron chi connectivity index (χ1n) is 9.78. The minimum atomic E-state index is 0.337. The second kappa shape index (κ2) is 9.65. The van der Waals surface area contributed by atoms with Gasteiger partial charge in [0.25, 0.3) is 0 Å². The summed E-state index contributed by atoms with van der Waals surface area (Å²) >= 11 is 7.73. The fourth-order valence-corrected chi connectivity index (χ4v) is 4.19. The molecule has 4 rings (SSSR count). The Bertz CT molecular complexity index is 1260. The van der Waals surface area contributed by atoms with E-state index >= 15 is 0 Å². The van der Waals surface area contributed by atoms with Crippen molar-refractivity contribution < 1.29 is 9.47 Å². The molecule has 0 N–H and O–H groups in total. The molecule has 6 heteroatoms. The van der Waals surface area contributed by atoms with Crippen LogP contribution in [-0.4, -0.2) is 11.6 Å². The monoisotopic (exact) mass is 446 g/mol. The Hall–Kier alpha value is -3.33. The molecule has 0 atom stereocenters. The zero-order chi connectivity index (χ0) is 21.6. The number of ether oxygens (including phenoxy) is 2. The summed E-state index contributed by atoms with van der Waals surface area (Å²) in [5, 5.41) is 11.1. The highest BCUT2D eigenvalue weighted by Gasteiger charge is 2.11. The normalized spacial score (nSPS) is 11.3. The van der Waals surface area contributed by atoms with Crippen molar-refractivity contribution >= 4 is 44.8 Å². The predicted molar refractivity (Wildman–Crippen MR) is 126 cm³/mol. The van der Waals surface area contributed by atoms with Crippen LogP contribution >= 0.6 is 22.9 Å². The number of hydrogen-bond donors (Lipinski definition) is 0. The average Bonchev–Trinajstić information content (AvgIpc) is 3.22. The molecule has 1 aromatic heterocycles. The first-order chi connectivity index (χ1) is 15.2. The molecule has 0 fully saturated rings. The van der Waals surface area contributed by atoms with E-state index in [4.69, 9.17) is 21.1 Å². The summed E-state index contributed by atoms with van der Waals surface area (Å²) in [7, 11) is 0. The molecule has 1 heterocycles. The van der Waals surface area contributed by atoms with Crippen LogP contribution in [0.4, 0.5) is 0 Å². The number of rotatable bonds is 7. The number of aromatic nitrogens is 1. The van der Waals surface area contributed by atoms with Crippen LogP contribution in [0.15, 0.2) is 66.7 Å². The molecule has 4 aromatic rings. The lowest BCUT2D eigenvalue weighted by Crippen LogP contribution is -2.00. The van der Waals surface area contributed by atoms with Gasteiger partial charge in [-0.25, -0.2) is 4.98 Å². The minimum absolute atomic E-state index is 0.337. The molecular weight excluding hydrogens is 428 g/mol. The van der Waals surface area contributed by atoms with Gasteiger partial charge in [-0.2, -0.15) is 5.26 Å². The van der Waals surface area contributed by atoms with Crippen molar-refractivity contribution in [2.75, 3.05) is 6.61 Å². The second-order valence-electron chi connectivity index (χ2n) is 6.68. The predicted octanol–water partition coefficient (Wildman–Crippen LogP) is 6.99. The van der Waals surface area contributed by atoms with Gasteiger partial charge < -0.3 is 9.47 Å². The Morgan fingerprint density at radius 2 is 1.87 bits per heavy atom. The molecule has 0 radical (unpaired) electrons. The van der Waals surface area contributed by atoms with E-state index in [2.05, 4.69) is 11.1 Å². The van der Waals surface area contributed by atoms with Gasteiger partial charge in [0.15, 0.2) is 11.5 Å². The minimum Gasteiger partial charge on any atom is -0.490 e. The number of nitriles is 1. The fourth-order valence-electron chi connectivity index (χ4n) is 3.07. The smallest absolute Gasteiger partial charge is 0.161 e. The van der Waals surface area contributed by atoms with Crippen molar-refractivity contribution in [1.82, 2.24) is 4.98 Å². The van der Waals surface area contributed by atoms with Gasteiger partial charge in [0.2, 0.25) is 0 Å². The number of halogens is 1. The van der Waals surface area contributed by atoms with Crippen molar-refractivity contribution in [1.29, 1.82) is 5.26 Å². The van der Waals surface area contributed by atoms with E-state index in [1.54, 1.807) is 0 Å². The number of benzene rings is 3. The van der Waals surface area contributed by atoms with E-state index < -0.39 is 0 Å². The standard InChI is InChI=1S/C25H19ClN2O2S/c1-2-29-23-14-17(11-12-22(23)30-16-18-7-3-4-8-20(18)26)13-19(15-27)25-28-21-9-5-6-10-24(21)31-25/h3-14H,2,16H2,1H3. The molecular formula is C25H19ClN2O2S. The number of thiazole rings is 1. The van der Waals surface area contributed by atoms with E-state index in [0.29, 0.717) is 40.3 Å². The fraction of sp³-hybridized carbons (Fsp3) is 0.120. The summed E-state index contributed by atoms with van der Waals surface area (Å²) in [6, 6.07) is 23.3. The summed E-state index contributed by atoms with van der Waals surface area (Å²) in [5.74, 6) is 1.24. The van der Waals surface area contributed by atoms with Crippen molar-refractivity contribution in [3.8, 4) is 17.6 Å². The van der Waals surface area contributed by atoms with Gasteiger partial charge in [0, 0.05) is 10.6 Å². The van der Waals surface area contributed by atoms with Crippen LogP contribution in [0.3, 0.4) is 0 Å². The zero-order valence-corrected chi connectivity index (χ0v) is 18.4. The van der Waals surface area contributed by atoms with E-state index in [-0.39, 0.29) is 0 Å². The van der Waals surface area contributed by atoms with E-state index in [1.165, 1.54) is 11.3 Å². The third kappa shape index (κ3) is 4.88. The molecule has 0 aliphatic heterocycles. The maximum Gasteiger partial charge on any atom is 0.161 e. The highest BCUT2D eigenvalue weighted by atomic mass is 35.5. The van der Waals surface area contributed by atoms with E-state index in [0.717, 1.165) is 21.3 Å². The number of nitrogens with zero attached hydrogens (tertiary/aromatic N) is 2. The second-order valence-corrected chi connectivity index (χ2v) is 8.11. The number of para-hydroxylation sites is 1. The van der Waals surface area contributed by atoms with Gasteiger partial charge in [0.05, 0.1) is 22.4 Å². The third-order valence-corrected chi connectivity index (χ3v) is 6.00. The molecule has 4 nitrogen and oxygen atoms in total. The van der Waals surface area contributed by atoms with Crippen LogP contribution in [0.5, 0.6) is 11.5 Å². The molecule has 3 aromatic carbocycles. The van der Waals surface area contributed by atoms with Crippen molar-refractivity contribution in [2.45, 2.75) is 13.5 Å². The zero-order valence-electron chi connectivity index (χ0n) is 16.8. The Morgan fingerprint density at radius 3 is 2.65 bits per heavy atom. The van der Waals surface area contributed by atoms with Gasteiger partial charge in [-0.15, -0.1) is 11.3 Å². The van der Waals surface area contributed by atoms with Gasteiger partial charge in [-0.05, 0) is 48.9 Å². The molecule has 0 aliphatic carbocycles. The Kier molecular flexibility index (Phi) is 6.51. The van der Waals surface area contributed by atoms with Crippen LogP contribution < -0.4 is 9.47 Å². The largest absolute Gasteiger partial charge is 0.490 e. The molecule has 0 amide bonds. The number of fused-ring (bicyclic) bond motifs is 1. The molecule has 0 aliphatic rings. The lowest BCUT2D eigenvalue weighted by Gasteiger charge is -2.13. The highest BCUT2D eigenvalue weighted by molar-refractivity contribution is 7.19. The van der Waals surface area contributed by atoms with Crippen molar-refractivity contribution in [3.63, 3.8) is 0 Å². The molecule has 0 spiro atoms. The summed E-state index contributed by atoms with van der Waals surface area (Å²) < 4.78 is 12.8. The van der Waals surface area contributed by atoms with Crippen molar-refractivity contribution in [2.24, 2.45) is 0 Å². The topological polar surface area (TPSA) is 55.1 Å². The first kappa shape index (κ1) is 20.9. The number of hydrogen-bond acceptors (Lipinski definition) is 5. The molecule has 0 saturated carbocycles.